The molecule has 3 N–H and O–H groups in total. The Labute approximate surface area is 126 Å². The van der Waals surface area contributed by atoms with E-state index in [0.29, 0.717) is 5.56 Å². The Bertz CT molecular complexity index is 642. The van der Waals surface area contributed by atoms with Gasteiger partial charge in [-0.3, -0.25) is 14.4 Å². The maximum absolute atomic E-state index is 13.2. The predicted octanol–water partition coefficient (Wildman–Crippen LogP) is 1.48. The number of nitrogens with one attached hydrogen (secondary N) is 2. The molecule has 1 aromatic carbocycles. The van der Waals surface area contributed by atoms with Gasteiger partial charge in [-0.25, -0.2) is 4.39 Å². The molecule has 7 heteroatoms. The van der Waals surface area contributed by atoms with E-state index in [1.807, 2.05) is 0 Å². The Morgan fingerprint density at radius 3 is 2.77 bits per heavy atom. The summed E-state index contributed by atoms with van der Waals surface area (Å²) < 4.78 is 13.2. The monoisotopic (exact) mass is 308 g/mol. The summed E-state index contributed by atoms with van der Waals surface area (Å²) in [5.41, 5.74) is -0.321. The fourth-order valence-electron chi connectivity index (χ4n) is 2.18. The van der Waals surface area contributed by atoms with Crippen molar-refractivity contribution in [3.8, 4) is 0 Å². The minimum atomic E-state index is -1.11. The lowest BCUT2D eigenvalue weighted by molar-refractivity contribution is -0.147. The van der Waals surface area contributed by atoms with Gasteiger partial charge in [0.2, 0.25) is 11.8 Å². The average molecular weight is 308 g/mol. The Balaban J connectivity index is 2.17. The Hall–Kier alpha value is -2.44. The van der Waals surface area contributed by atoms with Gasteiger partial charge in [0.1, 0.15) is 5.82 Å². The lowest BCUT2D eigenvalue weighted by Crippen LogP contribution is -2.42. The highest BCUT2D eigenvalue weighted by Crippen LogP contribution is 2.33. The van der Waals surface area contributed by atoms with Crippen LogP contribution in [0.25, 0.3) is 0 Å². The van der Waals surface area contributed by atoms with Crippen molar-refractivity contribution >= 4 is 23.5 Å². The summed E-state index contributed by atoms with van der Waals surface area (Å²) in [7, 11) is 0. The highest BCUT2D eigenvalue weighted by molar-refractivity contribution is 6.01. The third kappa shape index (κ3) is 3.24. The molecule has 1 heterocycles. The van der Waals surface area contributed by atoms with E-state index in [9.17, 15) is 18.8 Å². The van der Waals surface area contributed by atoms with Crippen LogP contribution in [0, 0.1) is 11.2 Å². The van der Waals surface area contributed by atoms with Gasteiger partial charge in [-0.1, -0.05) is 6.07 Å². The largest absolute Gasteiger partial charge is 0.481 e. The van der Waals surface area contributed by atoms with Gasteiger partial charge in [0.15, 0.2) is 0 Å². The molecule has 0 radical (unpaired) electrons. The van der Waals surface area contributed by atoms with E-state index in [1.165, 1.54) is 26.0 Å². The molecule has 1 unspecified atom stereocenters. The molecule has 0 fully saturated rings. The third-order valence-corrected chi connectivity index (χ3v) is 3.65. The summed E-state index contributed by atoms with van der Waals surface area (Å²) in [6, 6.07) is 3.84. The summed E-state index contributed by atoms with van der Waals surface area (Å²) in [5.74, 6) is -3.12. The van der Waals surface area contributed by atoms with Crippen molar-refractivity contribution in [2.45, 2.75) is 26.2 Å². The fourth-order valence-corrected chi connectivity index (χ4v) is 2.18. The van der Waals surface area contributed by atoms with Crippen molar-refractivity contribution in [3.63, 3.8) is 0 Å². The van der Waals surface area contributed by atoms with E-state index in [2.05, 4.69) is 10.6 Å². The number of aliphatic carboxylic acids is 1. The lowest BCUT2D eigenvalue weighted by Gasteiger charge is -2.26. The van der Waals surface area contributed by atoms with Gasteiger partial charge in [0.25, 0.3) is 0 Å². The summed E-state index contributed by atoms with van der Waals surface area (Å²) in [5, 5.41) is 14.1. The highest BCUT2D eigenvalue weighted by Gasteiger charge is 2.33. The minimum absolute atomic E-state index is 0.0576. The smallest absolute Gasteiger partial charge is 0.310 e. The van der Waals surface area contributed by atoms with Crippen LogP contribution in [0.1, 0.15) is 31.7 Å². The first kappa shape index (κ1) is 15.9. The molecule has 1 aromatic rings. The van der Waals surface area contributed by atoms with E-state index in [4.69, 9.17) is 5.11 Å². The molecule has 0 bridgehead atoms. The van der Waals surface area contributed by atoms with Crippen molar-refractivity contribution < 1.29 is 23.9 Å². The number of hydrogen-bond acceptors (Lipinski definition) is 3. The van der Waals surface area contributed by atoms with Gasteiger partial charge >= 0.3 is 5.97 Å². The van der Waals surface area contributed by atoms with Crippen molar-refractivity contribution in [1.29, 1.82) is 0 Å². The molecule has 22 heavy (non-hydrogen) atoms. The van der Waals surface area contributed by atoms with Crippen LogP contribution in [-0.4, -0.2) is 29.4 Å². The Kier molecular flexibility index (Phi) is 4.16. The van der Waals surface area contributed by atoms with Crippen molar-refractivity contribution in [3.05, 3.63) is 29.6 Å². The molecule has 1 aliphatic rings. The van der Waals surface area contributed by atoms with E-state index < -0.39 is 29.0 Å². The van der Waals surface area contributed by atoms with Gasteiger partial charge in [-0.15, -0.1) is 0 Å². The summed E-state index contributed by atoms with van der Waals surface area (Å²) >= 11 is 0. The molecule has 1 aliphatic heterocycles. The quantitative estimate of drug-likeness (QED) is 0.785. The molecular formula is C15H17FN2O4. The first-order valence-electron chi connectivity index (χ1n) is 6.81. The third-order valence-electron chi connectivity index (χ3n) is 3.65. The van der Waals surface area contributed by atoms with Crippen LogP contribution in [0.2, 0.25) is 0 Å². The average Bonchev–Trinajstić information content (AvgIpc) is 2.43. The zero-order valence-corrected chi connectivity index (χ0v) is 12.3. The number of fused-ring (bicyclic) bond motifs is 1. The van der Waals surface area contributed by atoms with Gasteiger partial charge in [0.05, 0.1) is 11.3 Å². The van der Waals surface area contributed by atoms with Crippen LogP contribution < -0.4 is 10.6 Å². The number of hydrogen-bond donors (Lipinski definition) is 3. The molecule has 0 saturated heterocycles. The van der Waals surface area contributed by atoms with E-state index in [1.54, 1.807) is 0 Å². The van der Waals surface area contributed by atoms with Gasteiger partial charge in [-0.05, 0) is 31.5 Å². The van der Waals surface area contributed by atoms with E-state index in [-0.39, 0.29) is 24.6 Å². The molecule has 0 saturated carbocycles. The first-order valence-corrected chi connectivity index (χ1v) is 6.81. The Morgan fingerprint density at radius 2 is 2.14 bits per heavy atom. The zero-order chi connectivity index (χ0) is 16.5. The zero-order valence-electron chi connectivity index (χ0n) is 12.3. The number of benzene rings is 1. The molecule has 6 nitrogen and oxygen atoms in total. The SMILES string of the molecule is CC(C)(CNC(=O)C1CC(=O)Nc2cc(F)ccc21)C(=O)O. The molecule has 118 valence electrons. The topological polar surface area (TPSA) is 95.5 Å². The molecule has 0 spiro atoms. The lowest BCUT2D eigenvalue weighted by atomic mass is 9.88. The number of carbonyl (C=O) groups excluding carboxylic acids is 2. The fraction of sp³-hybridized carbons (Fsp3) is 0.400. The van der Waals surface area contributed by atoms with Crippen LogP contribution in [0.15, 0.2) is 18.2 Å². The van der Waals surface area contributed by atoms with Crippen LogP contribution >= 0.6 is 0 Å². The first-order chi connectivity index (χ1) is 10.2. The Morgan fingerprint density at radius 1 is 1.45 bits per heavy atom. The molecule has 2 amide bonds. The van der Waals surface area contributed by atoms with E-state index >= 15 is 0 Å². The molecule has 1 atom stereocenters. The van der Waals surface area contributed by atoms with E-state index in [0.717, 1.165) is 6.07 Å². The molecule has 2 rings (SSSR count). The molecular weight excluding hydrogens is 291 g/mol. The number of rotatable bonds is 4. The molecule has 0 aromatic heterocycles. The second kappa shape index (κ2) is 5.75. The number of carboxylic acid groups (broad SMARTS) is 1. The van der Waals surface area contributed by atoms with Gasteiger partial charge in [-0.2, -0.15) is 0 Å². The number of amides is 2. The molecule has 0 aliphatic carbocycles. The number of carbonyl (C=O) groups is 3. The summed E-state index contributed by atoms with van der Waals surface area (Å²) in [6.07, 6.45) is -0.0576. The van der Waals surface area contributed by atoms with Crippen LogP contribution in [-0.2, 0) is 14.4 Å². The maximum atomic E-state index is 13.2. The van der Waals surface area contributed by atoms with Crippen molar-refractivity contribution in [2.24, 2.45) is 5.41 Å². The highest BCUT2D eigenvalue weighted by atomic mass is 19.1. The second-order valence-electron chi connectivity index (χ2n) is 5.94. The summed E-state index contributed by atoms with van der Waals surface area (Å²) in [6.45, 7) is 2.93. The number of halogens is 1. The normalized spacial score (nSPS) is 17.4. The number of carboxylic acids is 1. The minimum Gasteiger partial charge on any atom is -0.481 e. The number of anilines is 1. The van der Waals surface area contributed by atoms with Crippen molar-refractivity contribution in [1.82, 2.24) is 5.32 Å². The summed E-state index contributed by atoms with van der Waals surface area (Å²) in [4.78, 5) is 35.0. The van der Waals surface area contributed by atoms with Gasteiger partial charge < -0.3 is 15.7 Å². The van der Waals surface area contributed by atoms with Crippen LogP contribution in [0.4, 0.5) is 10.1 Å². The predicted molar refractivity (Wildman–Crippen MR) is 76.8 cm³/mol. The van der Waals surface area contributed by atoms with Crippen LogP contribution in [0.5, 0.6) is 0 Å². The second-order valence-corrected chi connectivity index (χ2v) is 5.94. The van der Waals surface area contributed by atoms with Gasteiger partial charge in [0, 0.05) is 18.7 Å². The standard InChI is InChI=1S/C15H17FN2O4/c1-15(2,14(21)22)7-17-13(20)10-6-12(19)18-11-5-8(16)3-4-9(10)11/h3-5,10H,6-7H2,1-2H3,(H,17,20)(H,18,19)(H,21,22). The van der Waals surface area contributed by atoms with Crippen LogP contribution in [0.3, 0.4) is 0 Å². The van der Waals surface area contributed by atoms with Crippen molar-refractivity contribution in [2.75, 3.05) is 11.9 Å². The maximum Gasteiger partial charge on any atom is 0.310 e.